The molecule has 0 aliphatic carbocycles. The maximum atomic E-state index is 9.04. The molecular weight excluding hydrogens is 310 g/mol. The number of benzene rings is 2. The summed E-state index contributed by atoms with van der Waals surface area (Å²) in [6, 6.07) is 16.0. The van der Waals surface area contributed by atoms with Gasteiger partial charge < -0.3 is 10.5 Å². The second-order valence-corrected chi connectivity index (χ2v) is 6.19. The van der Waals surface area contributed by atoms with Gasteiger partial charge in [-0.15, -0.1) is 0 Å². The van der Waals surface area contributed by atoms with E-state index in [0.29, 0.717) is 11.5 Å². The topological polar surface area (TPSA) is 71.4 Å². The molecule has 2 N–H and O–H groups in total. The molecule has 1 aliphatic rings. The van der Waals surface area contributed by atoms with Crippen molar-refractivity contribution in [3.8, 4) is 11.8 Å². The second kappa shape index (κ2) is 7.23. The van der Waals surface area contributed by atoms with Crippen LogP contribution in [0.3, 0.4) is 0 Å². The number of hydrogen-bond donors (Lipinski definition) is 1. The Bertz CT molecular complexity index is 890. The maximum Gasteiger partial charge on any atom is 0.119 e. The molecule has 3 rings (SSSR count). The largest absolute Gasteiger partial charge is 0.497 e. The fourth-order valence-electron chi connectivity index (χ4n) is 3.27. The second-order valence-electron chi connectivity index (χ2n) is 6.19. The zero-order valence-corrected chi connectivity index (χ0v) is 14.5. The lowest BCUT2D eigenvalue weighted by molar-refractivity contribution is 0.414. The Morgan fingerprint density at radius 1 is 1.32 bits per heavy atom. The van der Waals surface area contributed by atoms with Crippen molar-refractivity contribution in [3.05, 3.63) is 70.9 Å². The van der Waals surface area contributed by atoms with Crippen molar-refractivity contribution in [1.82, 2.24) is 0 Å². The van der Waals surface area contributed by atoms with Crippen LogP contribution < -0.4 is 10.5 Å². The summed E-state index contributed by atoms with van der Waals surface area (Å²) in [7, 11) is 1.68. The van der Waals surface area contributed by atoms with E-state index in [-0.39, 0.29) is 0 Å². The Kier molecular flexibility index (Phi) is 4.85. The average molecular weight is 331 g/mol. The molecule has 1 unspecified atom stereocenters. The molecule has 2 aromatic carbocycles. The number of aryl methyl sites for hydroxylation is 1. The summed E-state index contributed by atoms with van der Waals surface area (Å²) in [6.07, 6.45) is 2.47. The van der Waals surface area contributed by atoms with E-state index in [0.717, 1.165) is 41.1 Å². The van der Waals surface area contributed by atoms with Crippen molar-refractivity contribution in [2.24, 2.45) is 10.7 Å². The highest BCUT2D eigenvalue weighted by Gasteiger charge is 2.24. The van der Waals surface area contributed by atoms with Crippen molar-refractivity contribution in [1.29, 1.82) is 5.26 Å². The van der Waals surface area contributed by atoms with Crippen LogP contribution in [0.5, 0.6) is 5.75 Å². The lowest BCUT2D eigenvalue weighted by Gasteiger charge is -2.13. The van der Waals surface area contributed by atoms with Gasteiger partial charge in [-0.2, -0.15) is 5.26 Å². The number of nitrogens with zero attached hydrogens (tertiary/aromatic N) is 2. The van der Waals surface area contributed by atoms with Crippen LogP contribution >= 0.6 is 0 Å². The predicted molar refractivity (Wildman–Crippen MR) is 101 cm³/mol. The molecule has 0 saturated heterocycles. The summed E-state index contributed by atoms with van der Waals surface area (Å²) in [5.41, 5.74) is 11.8. The van der Waals surface area contributed by atoms with E-state index in [1.54, 1.807) is 13.3 Å². The van der Waals surface area contributed by atoms with Gasteiger partial charge in [0, 0.05) is 29.9 Å². The Balaban J connectivity index is 1.83. The zero-order chi connectivity index (χ0) is 17.8. The number of nitrogens with two attached hydrogens (primary N) is 1. The van der Waals surface area contributed by atoms with Gasteiger partial charge >= 0.3 is 0 Å². The van der Waals surface area contributed by atoms with Crippen LogP contribution in [0.2, 0.25) is 0 Å². The molecule has 1 aliphatic heterocycles. The molecule has 4 nitrogen and oxygen atoms in total. The van der Waals surface area contributed by atoms with Crippen LogP contribution in [0.25, 0.3) is 5.57 Å². The van der Waals surface area contributed by atoms with Crippen molar-refractivity contribution in [2.45, 2.75) is 19.3 Å². The van der Waals surface area contributed by atoms with E-state index in [1.807, 2.05) is 37.3 Å². The minimum Gasteiger partial charge on any atom is -0.497 e. The zero-order valence-electron chi connectivity index (χ0n) is 14.5. The highest BCUT2D eigenvalue weighted by Crippen LogP contribution is 2.33. The van der Waals surface area contributed by atoms with Gasteiger partial charge in [0.1, 0.15) is 5.75 Å². The first-order valence-corrected chi connectivity index (χ1v) is 8.27. The molecular formula is C21H21N3O. The standard InChI is InChI=1S/C21H21N3O/c1-14-8-15(11-22)6-7-19(14)20(12-23)21-10-17(13-24-21)16-4-3-5-18(9-16)25-2/h3-9,12,17H,10,13,23H2,1-2H3. The summed E-state index contributed by atoms with van der Waals surface area (Å²) >= 11 is 0. The minimum atomic E-state index is 0.332. The average Bonchev–Trinajstić information content (AvgIpc) is 3.13. The predicted octanol–water partition coefficient (Wildman–Crippen LogP) is 3.80. The van der Waals surface area contributed by atoms with Crippen LogP contribution in [-0.2, 0) is 0 Å². The number of methoxy groups -OCH3 is 1. The summed E-state index contributed by atoms with van der Waals surface area (Å²) in [4.78, 5) is 4.74. The lowest BCUT2D eigenvalue weighted by atomic mass is 9.90. The minimum absolute atomic E-state index is 0.332. The van der Waals surface area contributed by atoms with E-state index in [2.05, 4.69) is 18.2 Å². The Hall–Kier alpha value is -3.06. The van der Waals surface area contributed by atoms with Crippen molar-refractivity contribution in [2.75, 3.05) is 13.7 Å². The molecule has 0 spiro atoms. The van der Waals surface area contributed by atoms with Crippen LogP contribution in [-0.4, -0.2) is 19.4 Å². The van der Waals surface area contributed by atoms with Gasteiger partial charge in [0.2, 0.25) is 0 Å². The SMILES string of the molecule is COc1cccc(C2CN=C(C(=CN)c3ccc(C#N)cc3C)C2)c1. The Labute approximate surface area is 148 Å². The molecule has 4 heteroatoms. The monoisotopic (exact) mass is 331 g/mol. The molecule has 1 heterocycles. The van der Waals surface area contributed by atoms with E-state index in [4.69, 9.17) is 20.7 Å². The van der Waals surface area contributed by atoms with Gasteiger partial charge in [-0.25, -0.2) is 0 Å². The molecule has 0 saturated carbocycles. The number of ether oxygens (including phenoxy) is 1. The lowest BCUT2D eigenvalue weighted by Crippen LogP contribution is -2.06. The van der Waals surface area contributed by atoms with Crippen molar-refractivity contribution in [3.63, 3.8) is 0 Å². The van der Waals surface area contributed by atoms with Crippen molar-refractivity contribution < 1.29 is 4.74 Å². The number of aliphatic imine (C=N–C) groups is 1. The number of rotatable bonds is 4. The first-order valence-electron chi connectivity index (χ1n) is 8.27. The highest BCUT2D eigenvalue weighted by molar-refractivity contribution is 6.25. The smallest absolute Gasteiger partial charge is 0.119 e. The maximum absolute atomic E-state index is 9.04. The summed E-state index contributed by atoms with van der Waals surface area (Å²) in [5.74, 6) is 1.20. The summed E-state index contributed by atoms with van der Waals surface area (Å²) < 4.78 is 5.32. The molecule has 0 bridgehead atoms. The molecule has 0 amide bonds. The molecule has 0 fully saturated rings. The van der Waals surface area contributed by atoms with Gasteiger partial charge in [0.15, 0.2) is 0 Å². The third kappa shape index (κ3) is 3.41. The normalized spacial score (nSPS) is 17.1. The molecule has 1 atom stereocenters. The first kappa shape index (κ1) is 16.8. The molecule has 0 radical (unpaired) electrons. The van der Waals surface area contributed by atoms with Crippen molar-refractivity contribution >= 4 is 11.3 Å². The van der Waals surface area contributed by atoms with Crippen LogP contribution in [0, 0.1) is 18.3 Å². The third-order valence-corrected chi connectivity index (χ3v) is 4.63. The Morgan fingerprint density at radius 3 is 2.84 bits per heavy atom. The number of nitriles is 1. The van der Waals surface area contributed by atoms with E-state index < -0.39 is 0 Å². The van der Waals surface area contributed by atoms with Gasteiger partial charge in [-0.3, -0.25) is 4.99 Å². The molecule has 126 valence electrons. The van der Waals surface area contributed by atoms with Gasteiger partial charge in [-0.1, -0.05) is 18.2 Å². The van der Waals surface area contributed by atoms with Gasteiger partial charge in [-0.05, 0) is 54.3 Å². The highest BCUT2D eigenvalue weighted by atomic mass is 16.5. The Morgan fingerprint density at radius 2 is 2.16 bits per heavy atom. The van der Waals surface area contributed by atoms with Crippen LogP contribution in [0.15, 0.2) is 53.7 Å². The summed E-state index contributed by atoms with van der Waals surface area (Å²) in [5, 5.41) is 9.04. The number of allylic oxidation sites excluding steroid dienone is 1. The first-order chi connectivity index (χ1) is 12.2. The fourth-order valence-corrected chi connectivity index (χ4v) is 3.27. The molecule has 0 aromatic heterocycles. The van der Waals surface area contributed by atoms with Gasteiger partial charge in [0.25, 0.3) is 0 Å². The third-order valence-electron chi connectivity index (χ3n) is 4.63. The molecule has 25 heavy (non-hydrogen) atoms. The number of hydrogen-bond acceptors (Lipinski definition) is 4. The summed E-state index contributed by atoms with van der Waals surface area (Å²) in [6.45, 7) is 2.74. The van der Waals surface area contributed by atoms with Crippen LogP contribution in [0.4, 0.5) is 0 Å². The fraction of sp³-hybridized carbons (Fsp3) is 0.238. The van der Waals surface area contributed by atoms with E-state index >= 15 is 0 Å². The van der Waals surface area contributed by atoms with Gasteiger partial charge in [0.05, 0.1) is 18.7 Å². The van der Waals surface area contributed by atoms with Crippen LogP contribution in [0.1, 0.15) is 34.6 Å². The van der Waals surface area contributed by atoms with E-state index in [9.17, 15) is 0 Å². The molecule has 2 aromatic rings. The van der Waals surface area contributed by atoms with E-state index in [1.165, 1.54) is 5.56 Å². The quantitative estimate of drug-likeness (QED) is 0.926.